The zero-order valence-corrected chi connectivity index (χ0v) is 14.6. The maximum absolute atomic E-state index is 13.9. The number of fused-ring (bicyclic) bond motifs is 1. The average Bonchev–Trinajstić information content (AvgIpc) is 2.98. The van der Waals surface area contributed by atoms with Crippen LogP contribution in [0.4, 0.5) is 4.39 Å². The van der Waals surface area contributed by atoms with Gasteiger partial charge in [-0.05, 0) is 23.6 Å². The van der Waals surface area contributed by atoms with Gasteiger partial charge in [-0.1, -0.05) is 36.4 Å². The Hall–Kier alpha value is -2.66. The quantitative estimate of drug-likeness (QED) is 0.781. The molecule has 3 aromatic rings. The van der Waals surface area contributed by atoms with Crippen LogP contribution in [0.5, 0.6) is 0 Å². The Balaban J connectivity index is 1.42. The molecular weight excluding hydrogens is 329 g/mol. The molecular formula is C21H22FN3O. The van der Waals surface area contributed by atoms with Gasteiger partial charge in [0.1, 0.15) is 5.82 Å². The van der Waals surface area contributed by atoms with Crippen molar-refractivity contribution in [3.8, 4) is 0 Å². The zero-order chi connectivity index (χ0) is 17.9. The Labute approximate surface area is 152 Å². The Bertz CT molecular complexity index is 887. The summed E-state index contributed by atoms with van der Waals surface area (Å²) in [4.78, 5) is 19.9. The Morgan fingerprint density at radius 2 is 1.77 bits per heavy atom. The van der Waals surface area contributed by atoms with Gasteiger partial charge in [0.05, 0.1) is 0 Å². The zero-order valence-electron chi connectivity index (χ0n) is 14.6. The van der Waals surface area contributed by atoms with Gasteiger partial charge >= 0.3 is 0 Å². The number of rotatable bonds is 4. The molecule has 0 unspecified atom stereocenters. The van der Waals surface area contributed by atoms with Gasteiger partial charge in [0.25, 0.3) is 0 Å². The lowest BCUT2D eigenvalue weighted by Crippen LogP contribution is -2.33. The average molecular weight is 351 g/mol. The molecule has 134 valence electrons. The van der Waals surface area contributed by atoms with E-state index in [-0.39, 0.29) is 11.7 Å². The van der Waals surface area contributed by atoms with Crippen molar-refractivity contribution in [1.29, 1.82) is 0 Å². The van der Waals surface area contributed by atoms with Crippen molar-refractivity contribution in [2.75, 3.05) is 19.6 Å². The molecule has 1 amide bonds. The number of H-pyrrole nitrogens is 1. The van der Waals surface area contributed by atoms with Gasteiger partial charge in [-0.15, -0.1) is 0 Å². The van der Waals surface area contributed by atoms with Gasteiger partial charge in [0.2, 0.25) is 5.91 Å². The maximum Gasteiger partial charge on any atom is 0.224 e. The first-order valence-corrected chi connectivity index (χ1v) is 8.99. The van der Waals surface area contributed by atoms with Crippen LogP contribution in [-0.4, -0.2) is 40.3 Å². The highest BCUT2D eigenvalue weighted by Crippen LogP contribution is 2.18. The van der Waals surface area contributed by atoms with Crippen LogP contribution in [0.2, 0.25) is 0 Å². The summed E-state index contributed by atoms with van der Waals surface area (Å²) in [7, 11) is 0. The number of nitrogens with zero attached hydrogens (tertiary/aromatic N) is 2. The topological polar surface area (TPSA) is 39.3 Å². The smallest absolute Gasteiger partial charge is 0.224 e. The Kier molecular flexibility index (Phi) is 4.71. The summed E-state index contributed by atoms with van der Waals surface area (Å²) < 4.78 is 13.9. The minimum absolute atomic E-state index is 0.0902. The van der Waals surface area contributed by atoms with Crippen molar-refractivity contribution in [2.24, 2.45) is 0 Å². The molecule has 26 heavy (non-hydrogen) atoms. The second-order valence-electron chi connectivity index (χ2n) is 6.81. The number of hydrogen-bond donors (Lipinski definition) is 1. The number of para-hydroxylation sites is 1. The van der Waals surface area contributed by atoms with Crippen LogP contribution in [-0.2, 0) is 17.9 Å². The highest BCUT2D eigenvalue weighted by Gasteiger charge is 2.22. The predicted octanol–water partition coefficient (Wildman–Crippen LogP) is 3.54. The van der Waals surface area contributed by atoms with E-state index in [1.54, 1.807) is 17.0 Å². The number of carbonyl (C=O) groups excluding carboxylic acids is 1. The van der Waals surface area contributed by atoms with Crippen LogP contribution in [0, 0.1) is 5.82 Å². The molecule has 1 fully saturated rings. The predicted molar refractivity (Wildman–Crippen MR) is 100 cm³/mol. The minimum atomic E-state index is -0.250. The van der Waals surface area contributed by atoms with Crippen LogP contribution in [0.3, 0.4) is 0 Å². The Morgan fingerprint density at radius 1 is 0.962 bits per heavy atom. The molecule has 0 atom stereocenters. The molecule has 1 saturated heterocycles. The lowest BCUT2D eigenvalue weighted by Gasteiger charge is -2.22. The molecule has 0 saturated carbocycles. The maximum atomic E-state index is 13.9. The van der Waals surface area contributed by atoms with Crippen molar-refractivity contribution >= 4 is 16.8 Å². The molecule has 1 N–H and O–H groups in total. The van der Waals surface area contributed by atoms with Gasteiger partial charge in [-0.25, -0.2) is 4.39 Å². The highest BCUT2D eigenvalue weighted by atomic mass is 19.1. The molecule has 1 aliphatic rings. The monoisotopic (exact) mass is 351 g/mol. The molecule has 0 bridgehead atoms. The molecule has 1 aliphatic heterocycles. The second-order valence-corrected chi connectivity index (χ2v) is 6.81. The molecule has 2 heterocycles. The Morgan fingerprint density at radius 3 is 2.62 bits per heavy atom. The number of aromatic amines is 1. The van der Waals surface area contributed by atoms with Gasteiger partial charge in [-0.2, -0.15) is 0 Å². The van der Waals surface area contributed by atoms with Crippen LogP contribution < -0.4 is 0 Å². The van der Waals surface area contributed by atoms with E-state index in [2.05, 4.69) is 28.1 Å². The molecule has 0 aliphatic carbocycles. The van der Waals surface area contributed by atoms with Crippen LogP contribution in [0.15, 0.2) is 54.6 Å². The van der Waals surface area contributed by atoms with E-state index in [1.807, 2.05) is 18.2 Å². The highest BCUT2D eigenvalue weighted by molar-refractivity contribution is 5.80. The van der Waals surface area contributed by atoms with Crippen LogP contribution in [0.1, 0.15) is 17.7 Å². The van der Waals surface area contributed by atoms with E-state index >= 15 is 0 Å². The lowest BCUT2D eigenvalue weighted by molar-refractivity contribution is -0.131. The summed E-state index contributed by atoms with van der Waals surface area (Å²) in [5.41, 5.74) is 2.86. The van der Waals surface area contributed by atoms with Crippen molar-refractivity contribution in [3.63, 3.8) is 0 Å². The number of aromatic nitrogens is 1. The molecule has 4 nitrogen and oxygen atoms in total. The molecule has 0 radical (unpaired) electrons. The lowest BCUT2D eigenvalue weighted by atomic mass is 10.2. The molecule has 0 spiro atoms. The number of nitrogens with one attached hydrogen (secondary N) is 1. The largest absolute Gasteiger partial charge is 0.357 e. The summed E-state index contributed by atoms with van der Waals surface area (Å²) in [6.45, 7) is 3.26. The molecule has 2 aromatic carbocycles. The van der Waals surface area contributed by atoms with Crippen molar-refractivity contribution in [3.05, 3.63) is 71.7 Å². The standard InChI is InChI=1S/C21H22FN3O/c22-19-7-3-1-6-17(19)14-25-12-11-24(10-9-21(25)26)15-18-13-16-5-2-4-8-20(16)23-18/h1-8,13,23H,9-12,14-15H2. The van der Waals surface area contributed by atoms with Crippen molar-refractivity contribution < 1.29 is 9.18 Å². The van der Waals surface area contributed by atoms with Crippen LogP contribution in [0.25, 0.3) is 10.9 Å². The molecule has 1 aromatic heterocycles. The van der Waals surface area contributed by atoms with Gasteiger partial charge in [-0.3, -0.25) is 9.69 Å². The van der Waals surface area contributed by atoms with Crippen LogP contribution >= 0.6 is 0 Å². The third-order valence-corrected chi connectivity index (χ3v) is 4.98. The summed E-state index contributed by atoms with van der Waals surface area (Å²) in [5, 5.41) is 1.20. The third kappa shape index (κ3) is 3.63. The number of benzene rings is 2. The number of hydrogen-bond acceptors (Lipinski definition) is 2. The second kappa shape index (κ2) is 7.30. The summed E-state index contributed by atoms with van der Waals surface area (Å²) in [5.74, 6) is -0.160. The van der Waals surface area contributed by atoms with E-state index < -0.39 is 0 Å². The van der Waals surface area contributed by atoms with Crippen molar-refractivity contribution in [1.82, 2.24) is 14.8 Å². The van der Waals surface area contributed by atoms with E-state index in [4.69, 9.17) is 0 Å². The van der Waals surface area contributed by atoms with Crippen molar-refractivity contribution in [2.45, 2.75) is 19.5 Å². The summed E-state index contributed by atoms with van der Waals surface area (Å²) in [6, 6.07) is 17.1. The fraction of sp³-hybridized carbons (Fsp3) is 0.286. The minimum Gasteiger partial charge on any atom is -0.357 e. The van der Waals surface area contributed by atoms with E-state index in [0.29, 0.717) is 25.1 Å². The van der Waals surface area contributed by atoms with Gasteiger partial charge in [0.15, 0.2) is 0 Å². The fourth-order valence-corrected chi connectivity index (χ4v) is 3.53. The van der Waals surface area contributed by atoms with Gasteiger partial charge < -0.3 is 9.88 Å². The van der Waals surface area contributed by atoms with E-state index in [0.717, 1.165) is 30.8 Å². The van der Waals surface area contributed by atoms with Gasteiger partial charge in [0, 0.05) is 55.9 Å². The number of halogens is 1. The van der Waals surface area contributed by atoms with E-state index in [1.165, 1.54) is 11.5 Å². The van der Waals surface area contributed by atoms with E-state index in [9.17, 15) is 9.18 Å². The third-order valence-electron chi connectivity index (χ3n) is 4.98. The molecule has 5 heteroatoms. The number of amides is 1. The SMILES string of the molecule is O=C1CCN(Cc2cc3ccccc3[nH]2)CCN1Cc1ccccc1F. The first-order chi connectivity index (χ1) is 12.7. The fourth-order valence-electron chi connectivity index (χ4n) is 3.53. The normalized spacial score (nSPS) is 16.2. The first kappa shape index (κ1) is 16.8. The summed E-state index contributed by atoms with van der Waals surface area (Å²) in [6.07, 6.45) is 0.467. The molecule has 4 rings (SSSR count). The number of carbonyl (C=O) groups is 1. The summed E-state index contributed by atoms with van der Waals surface area (Å²) >= 11 is 0. The first-order valence-electron chi connectivity index (χ1n) is 8.99.